The molecule has 0 radical (unpaired) electrons. The van der Waals surface area contributed by atoms with Crippen molar-refractivity contribution in [2.24, 2.45) is 0 Å². The third-order valence-electron chi connectivity index (χ3n) is 3.34. The normalized spacial score (nSPS) is 16.7. The van der Waals surface area contributed by atoms with Crippen molar-refractivity contribution in [3.8, 4) is 0 Å². The molecule has 0 amide bonds. The Hall–Kier alpha value is -2.36. The van der Waals surface area contributed by atoms with E-state index in [2.05, 4.69) is 6.58 Å². The van der Waals surface area contributed by atoms with Crippen LogP contribution in [0.3, 0.4) is 0 Å². The van der Waals surface area contributed by atoms with E-state index >= 15 is 0 Å². The van der Waals surface area contributed by atoms with Crippen LogP contribution in [0.5, 0.6) is 0 Å². The van der Waals surface area contributed by atoms with Gasteiger partial charge in [-0.05, 0) is 30.4 Å². The smallest absolute Gasteiger partial charge is 0.349 e. The lowest BCUT2D eigenvalue weighted by atomic mass is 9.94. The Bertz CT molecular complexity index is 589. The molecule has 0 N–H and O–H groups in total. The Balaban J connectivity index is 2.44. The van der Waals surface area contributed by atoms with Gasteiger partial charge in [0.15, 0.2) is 0 Å². The van der Waals surface area contributed by atoms with E-state index in [1.165, 1.54) is 0 Å². The minimum Gasteiger partial charge on any atom is -0.419 e. The third kappa shape index (κ3) is 3.64. The van der Waals surface area contributed by atoms with Crippen molar-refractivity contribution in [2.75, 3.05) is 0 Å². The standard InChI is InChI=1S/C18H20O4/c1-4-5-7-12-14(13-10-8-6-9-11-13)15-16(19)21-18(2,3)22-17(15)20/h4,6,8-11H,1,5,7,12H2,2-3H3. The zero-order valence-corrected chi connectivity index (χ0v) is 12.9. The van der Waals surface area contributed by atoms with Crippen molar-refractivity contribution < 1.29 is 19.1 Å². The molecule has 4 nitrogen and oxygen atoms in total. The zero-order valence-electron chi connectivity index (χ0n) is 12.9. The molecule has 22 heavy (non-hydrogen) atoms. The van der Waals surface area contributed by atoms with E-state index in [4.69, 9.17) is 9.47 Å². The third-order valence-corrected chi connectivity index (χ3v) is 3.34. The Morgan fingerprint density at radius 1 is 1.14 bits per heavy atom. The van der Waals surface area contributed by atoms with Crippen LogP contribution in [-0.4, -0.2) is 17.7 Å². The number of rotatable bonds is 5. The second kappa shape index (κ2) is 6.60. The fraction of sp³-hybridized carbons (Fsp3) is 0.333. The number of hydrogen-bond donors (Lipinski definition) is 0. The topological polar surface area (TPSA) is 52.6 Å². The number of unbranched alkanes of at least 4 members (excludes halogenated alkanes) is 1. The van der Waals surface area contributed by atoms with Crippen molar-refractivity contribution in [2.45, 2.75) is 38.9 Å². The summed E-state index contributed by atoms with van der Waals surface area (Å²) in [5.74, 6) is -2.47. The van der Waals surface area contributed by atoms with Crippen molar-refractivity contribution in [3.05, 3.63) is 54.1 Å². The molecule has 0 atom stereocenters. The number of hydrogen-bond acceptors (Lipinski definition) is 4. The van der Waals surface area contributed by atoms with Gasteiger partial charge in [0.2, 0.25) is 0 Å². The van der Waals surface area contributed by atoms with Gasteiger partial charge in [0.1, 0.15) is 5.57 Å². The molecule has 1 heterocycles. The fourth-order valence-electron chi connectivity index (χ4n) is 2.38. The molecule has 1 aliphatic heterocycles. The summed E-state index contributed by atoms with van der Waals surface area (Å²) in [4.78, 5) is 24.5. The molecule has 0 spiro atoms. The molecular weight excluding hydrogens is 280 g/mol. The van der Waals surface area contributed by atoms with Crippen LogP contribution in [0.2, 0.25) is 0 Å². The minimum atomic E-state index is -1.22. The van der Waals surface area contributed by atoms with Gasteiger partial charge in [-0.25, -0.2) is 9.59 Å². The van der Waals surface area contributed by atoms with E-state index in [1.807, 2.05) is 36.4 Å². The highest BCUT2D eigenvalue weighted by Crippen LogP contribution is 2.31. The maximum atomic E-state index is 12.3. The van der Waals surface area contributed by atoms with E-state index in [0.717, 1.165) is 18.4 Å². The number of carbonyl (C=O) groups excluding carboxylic acids is 2. The molecule has 2 rings (SSSR count). The summed E-state index contributed by atoms with van der Waals surface area (Å²) < 4.78 is 10.4. The molecule has 0 aromatic heterocycles. The van der Waals surface area contributed by atoms with Crippen LogP contribution in [0.4, 0.5) is 0 Å². The van der Waals surface area contributed by atoms with Crippen molar-refractivity contribution in [1.82, 2.24) is 0 Å². The van der Waals surface area contributed by atoms with Gasteiger partial charge in [-0.1, -0.05) is 36.4 Å². The summed E-state index contributed by atoms with van der Waals surface area (Å²) in [6.07, 6.45) is 3.99. The van der Waals surface area contributed by atoms with Gasteiger partial charge >= 0.3 is 11.9 Å². The van der Waals surface area contributed by atoms with E-state index < -0.39 is 17.7 Å². The number of allylic oxidation sites excluding steroid dienone is 2. The molecule has 1 fully saturated rings. The van der Waals surface area contributed by atoms with Gasteiger partial charge < -0.3 is 9.47 Å². The van der Waals surface area contributed by atoms with Crippen LogP contribution in [0.15, 0.2) is 48.6 Å². The Morgan fingerprint density at radius 3 is 2.27 bits per heavy atom. The summed E-state index contributed by atoms with van der Waals surface area (Å²) in [5, 5.41) is 0. The summed E-state index contributed by atoms with van der Waals surface area (Å²) in [7, 11) is 0. The fourth-order valence-corrected chi connectivity index (χ4v) is 2.38. The highest BCUT2D eigenvalue weighted by Gasteiger charge is 2.40. The van der Waals surface area contributed by atoms with Crippen LogP contribution < -0.4 is 0 Å². The van der Waals surface area contributed by atoms with Gasteiger partial charge in [-0.2, -0.15) is 0 Å². The van der Waals surface area contributed by atoms with Crippen LogP contribution in [0, 0.1) is 0 Å². The van der Waals surface area contributed by atoms with Gasteiger partial charge in [0.05, 0.1) is 0 Å². The predicted molar refractivity (Wildman–Crippen MR) is 83.7 cm³/mol. The molecule has 1 aromatic carbocycles. The zero-order chi connectivity index (χ0) is 16.2. The van der Waals surface area contributed by atoms with Crippen LogP contribution in [0.1, 0.15) is 38.7 Å². The first-order chi connectivity index (χ1) is 10.4. The average molecular weight is 300 g/mol. The highest BCUT2D eigenvalue weighted by molar-refractivity contribution is 6.21. The number of esters is 2. The van der Waals surface area contributed by atoms with E-state index in [0.29, 0.717) is 12.0 Å². The molecule has 1 aromatic rings. The molecular formula is C18H20O4. The van der Waals surface area contributed by atoms with Gasteiger partial charge in [0.25, 0.3) is 5.79 Å². The van der Waals surface area contributed by atoms with Crippen LogP contribution >= 0.6 is 0 Å². The highest BCUT2D eigenvalue weighted by atomic mass is 16.7. The first kappa shape index (κ1) is 16.0. The van der Waals surface area contributed by atoms with Gasteiger partial charge in [-0.3, -0.25) is 0 Å². The monoisotopic (exact) mass is 300 g/mol. The summed E-state index contributed by atoms with van der Waals surface area (Å²) in [6.45, 7) is 6.77. The van der Waals surface area contributed by atoms with Crippen molar-refractivity contribution >= 4 is 17.5 Å². The van der Waals surface area contributed by atoms with Gasteiger partial charge in [-0.15, -0.1) is 6.58 Å². The molecule has 0 bridgehead atoms. The second-order valence-electron chi connectivity index (χ2n) is 5.58. The minimum absolute atomic E-state index is 0.00501. The SMILES string of the molecule is C=CCCCC(=C1C(=O)OC(C)(C)OC1=O)c1ccccc1. The summed E-state index contributed by atoms with van der Waals surface area (Å²) >= 11 is 0. The number of carbonyl (C=O) groups is 2. The first-order valence-electron chi connectivity index (χ1n) is 7.31. The second-order valence-corrected chi connectivity index (χ2v) is 5.58. The van der Waals surface area contributed by atoms with Gasteiger partial charge in [0, 0.05) is 13.8 Å². The molecule has 116 valence electrons. The molecule has 0 saturated carbocycles. The molecule has 4 heteroatoms. The molecule has 0 aliphatic carbocycles. The quantitative estimate of drug-likeness (QED) is 0.274. The lowest BCUT2D eigenvalue weighted by Gasteiger charge is -2.31. The number of cyclic esters (lactones) is 2. The lowest BCUT2D eigenvalue weighted by Crippen LogP contribution is -2.42. The molecule has 0 unspecified atom stereocenters. The molecule has 1 saturated heterocycles. The van der Waals surface area contributed by atoms with Crippen molar-refractivity contribution in [1.29, 1.82) is 0 Å². The Labute approximate surface area is 130 Å². The molecule has 1 aliphatic rings. The Morgan fingerprint density at radius 2 is 1.73 bits per heavy atom. The largest absolute Gasteiger partial charge is 0.419 e. The number of ether oxygens (including phenoxy) is 2. The summed E-state index contributed by atoms with van der Waals surface area (Å²) in [6, 6.07) is 9.36. The maximum Gasteiger partial charge on any atom is 0.349 e. The first-order valence-corrected chi connectivity index (χ1v) is 7.31. The van der Waals surface area contributed by atoms with E-state index in [1.54, 1.807) is 13.8 Å². The van der Waals surface area contributed by atoms with Crippen LogP contribution in [-0.2, 0) is 19.1 Å². The summed E-state index contributed by atoms with van der Waals surface area (Å²) in [5.41, 5.74) is 1.48. The lowest BCUT2D eigenvalue weighted by molar-refractivity contribution is -0.222. The average Bonchev–Trinajstić information content (AvgIpc) is 2.45. The van der Waals surface area contributed by atoms with Crippen molar-refractivity contribution in [3.63, 3.8) is 0 Å². The number of benzene rings is 1. The van der Waals surface area contributed by atoms with Crippen LogP contribution in [0.25, 0.3) is 5.57 Å². The Kier molecular flexibility index (Phi) is 4.81. The van der Waals surface area contributed by atoms with E-state index in [-0.39, 0.29) is 5.57 Å². The predicted octanol–water partition coefficient (Wildman–Crippen LogP) is 3.63. The maximum absolute atomic E-state index is 12.3. The van der Waals surface area contributed by atoms with E-state index in [9.17, 15) is 9.59 Å².